The highest BCUT2D eigenvalue weighted by atomic mass is 14.7. The second-order valence-electron chi connectivity index (χ2n) is 3.89. The van der Waals surface area contributed by atoms with E-state index in [1.165, 1.54) is 32.9 Å². The number of benzene rings is 1. The first-order valence-corrected chi connectivity index (χ1v) is 4.81. The highest BCUT2D eigenvalue weighted by Gasteiger charge is 2.04. The Morgan fingerprint density at radius 2 is 1.29 bits per heavy atom. The zero-order chi connectivity index (χ0) is 9.71. The molecule has 1 aromatic carbocycles. The largest absolute Gasteiger partial charge is 0.361 e. The van der Waals surface area contributed by atoms with Gasteiger partial charge >= 0.3 is 0 Å². The van der Waals surface area contributed by atoms with Gasteiger partial charge < -0.3 is 9.97 Å². The minimum absolute atomic E-state index is 1.21. The molecule has 70 valence electrons. The maximum atomic E-state index is 3.27. The van der Waals surface area contributed by atoms with Gasteiger partial charge in [0.1, 0.15) is 0 Å². The summed E-state index contributed by atoms with van der Waals surface area (Å²) in [5.74, 6) is 0. The molecule has 2 aromatic heterocycles. The predicted octanol–water partition coefficient (Wildman–Crippen LogP) is 3.27. The summed E-state index contributed by atoms with van der Waals surface area (Å²) in [5.41, 5.74) is 5.03. The Labute approximate surface area is 81.9 Å². The summed E-state index contributed by atoms with van der Waals surface area (Å²) in [6.45, 7) is 4.26. The molecule has 0 aliphatic rings. The molecule has 2 nitrogen and oxygen atoms in total. The van der Waals surface area contributed by atoms with Crippen LogP contribution in [0.25, 0.3) is 21.8 Å². The van der Waals surface area contributed by atoms with Gasteiger partial charge in [-0.1, -0.05) is 0 Å². The lowest BCUT2D eigenvalue weighted by molar-refractivity contribution is 1.41. The molecule has 0 amide bonds. The number of rotatable bonds is 0. The van der Waals surface area contributed by atoms with Gasteiger partial charge in [-0.2, -0.15) is 0 Å². The molecule has 0 aliphatic carbocycles. The minimum Gasteiger partial charge on any atom is -0.361 e. The van der Waals surface area contributed by atoms with E-state index in [0.717, 1.165) is 0 Å². The van der Waals surface area contributed by atoms with E-state index in [1.54, 1.807) is 0 Å². The van der Waals surface area contributed by atoms with Crippen molar-refractivity contribution in [2.45, 2.75) is 13.8 Å². The van der Waals surface area contributed by atoms with Crippen LogP contribution in [0.2, 0.25) is 0 Å². The Kier molecular flexibility index (Phi) is 1.32. The van der Waals surface area contributed by atoms with E-state index in [-0.39, 0.29) is 0 Å². The van der Waals surface area contributed by atoms with Crippen molar-refractivity contribution >= 4 is 21.8 Å². The maximum absolute atomic E-state index is 3.27. The number of aryl methyl sites for hydroxylation is 2. The summed E-state index contributed by atoms with van der Waals surface area (Å²) < 4.78 is 0. The summed E-state index contributed by atoms with van der Waals surface area (Å²) in [6.07, 6.45) is 4.11. The van der Waals surface area contributed by atoms with Crippen molar-refractivity contribution in [1.29, 1.82) is 0 Å². The van der Waals surface area contributed by atoms with E-state index >= 15 is 0 Å². The van der Waals surface area contributed by atoms with Crippen LogP contribution < -0.4 is 0 Å². The van der Waals surface area contributed by atoms with Crippen LogP contribution in [-0.4, -0.2) is 9.97 Å². The third kappa shape index (κ3) is 0.854. The molecule has 0 aliphatic heterocycles. The van der Waals surface area contributed by atoms with Crippen LogP contribution in [-0.2, 0) is 0 Å². The number of aromatic amines is 2. The zero-order valence-electron chi connectivity index (χ0n) is 8.31. The second kappa shape index (κ2) is 2.41. The van der Waals surface area contributed by atoms with Crippen LogP contribution in [0.15, 0.2) is 24.5 Å². The van der Waals surface area contributed by atoms with Gasteiger partial charge in [0, 0.05) is 34.2 Å². The first-order chi connectivity index (χ1) is 6.75. The highest BCUT2D eigenvalue weighted by molar-refractivity contribution is 5.98. The van der Waals surface area contributed by atoms with Crippen LogP contribution in [0.5, 0.6) is 0 Å². The van der Waals surface area contributed by atoms with Crippen molar-refractivity contribution in [2.24, 2.45) is 0 Å². The van der Waals surface area contributed by atoms with Crippen molar-refractivity contribution in [3.63, 3.8) is 0 Å². The average Bonchev–Trinajstić information content (AvgIpc) is 2.71. The summed E-state index contributed by atoms with van der Waals surface area (Å²) in [6, 6.07) is 4.42. The Bertz CT molecular complexity index is 562. The summed E-state index contributed by atoms with van der Waals surface area (Å²) in [5, 5.41) is 2.64. The van der Waals surface area contributed by atoms with Gasteiger partial charge in [0.25, 0.3) is 0 Å². The highest BCUT2D eigenvalue weighted by Crippen LogP contribution is 2.25. The van der Waals surface area contributed by atoms with Gasteiger partial charge in [0.15, 0.2) is 0 Å². The Hall–Kier alpha value is -1.70. The number of aromatic nitrogens is 2. The molecule has 0 bridgehead atoms. The van der Waals surface area contributed by atoms with E-state index in [1.807, 2.05) is 0 Å². The normalized spacial score (nSPS) is 11.6. The smallest absolute Gasteiger partial charge is 0.0477 e. The molecule has 0 radical (unpaired) electrons. The average molecular weight is 184 g/mol. The van der Waals surface area contributed by atoms with Gasteiger partial charge in [-0.25, -0.2) is 0 Å². The van der Waals surface area contributed by atoms with Gasteiger partial charge in [-0.3, -0.25) is 0 Å². The first-order valence-electron chi connectivity index (χ1n) is 4.81. The number of H-pyrrole nitrogens is 2. The summed E-state index contributed by atoms with van der Waals surface area (Å²) in [4.78, 5) is 6.54. The Morgan fingerprint density at radius 1 is 0.786 bits per heavy atom. The zero-order valence-corrected chi connectivity index (χ0v) is 8.31. The summed E-state index contributed by atoms with van der Waals surface area (Å²) in [7, 11) is 0. The Balaban J connectivity index is 2.57. The molecule has 0 saturated carbocycles. The van der Waals surface area contributed by atoms with Crippen molar-refractivity contribution in [3.05, 3.63) is 35.7 Å². The van der Waals surface area contributed by atoms with Crippen LogP contribution >= 0.6 is 0 Å². The van der Waals surface area contributed by atoms with E-state index in [4.69, 9.17) is 0 Å². The van der Waals surface area contributed by atoms with Gasteiger partial charge in [0.05, 0.1) is 0 Å². The van der Waals surface area contributed by atoms with Gasteiger partial charge in [-0.15, -0.1) is 0 Å². The molecule has 3 rings (SSSR count). The number of nitrogens with one attached hydrogen (secondary N) is 2. The molecule has 0 atom stereocenters. The standard InChI is InChI=1S/C12H12N2/c1-7-5-13-11-4-12-10(3-9(7)11)8(2)6-14-12/h3-6,13-14H,1-2H3. The monoisotopic (exact) mass is 184 g/mol. The molecular formula is C12H12N2. The van der Waals surface area contributed by atoms with E-state index < -0.39 is 0 Å². The molecule has 0 fully saturated rings. The fourth-order valence-corrected chi connectivity index (χ4v) is 2.02. The van der Waals surface area contributed by atoms with E-state index in [2.05, 4.69) is 48.3 Å². The van der Waals surface area contributed by atoms with Crippen LogP contribution in [0.3, 0.4) is 0 Å². The molecule has 3 aromatic rings. The lowest BCUT2D eigenvalue weighted by atomic mass is 10.1. The van der Waals surface area contributed by atoms with E-state index in [9.17, 15) is 0 Å². The Morgan fingerprint density at radius 3 is 1.79 bits per heavy atom. The van der Waals surface area contributed by atoms with Gasteiger partial charge in [0.2, 0.25) is 0 Å². The lowest BCUT2D eigenvalue weighted by Gasteiger charge is -1.94. The third-order valence-corrected chi connectivity index (χ3v) is 2.90. The van der Waals surface area contributed by atoms with Crippen LogP contribution in [0, 0.1) is 13.8 Å². The fraction of sp³-hybridized carbons (Fsp3) is 0.167. The minimum atomic E-state index is 1.21. The second-order valence-corrected chi connectivity index (χ2v) is 3.89. The third-order valence-electron chi connectivity index (χ3n) is 2.90. The first kappa shape index (κ1) is 7.68. The molecule has 14 heavy (non-hydrogen) atoms. The van der Waals surface area contributed by atoms with Crippen molar-refractivity contribution in [3.8, 4) is 0 Å². The van der Waals surface area contributed by atoms with Crippen molar-refractivity contribution < 1.29 is 0 Å². The molecule has 2 N–H and O–H groups in total. The number of fused-ring (bicyclic) bond motifs is 2. The number of hydrogen-bond acceptors (Lipinski definition) is 0. The summed E-state index contributed by atoms with van der Waals surface area (Å²) >= 11 is 0. The molecule has 0 spiro atoms. The molecular weight excluding hydrogens is 172 g/mol. The predicted molar refractivity (Wildman–Crippen MR) is 59.6 cm³/mol. The van der Waals surface area contributed by atoms with Crippen LogP contribution in [0.4, 0.5) is 0 Å². The lowest BCUT2D eigenvalue weighted by Crippen LogP contribution is -1.72. The quantitative estimate of drug-likeness (QED) is 0.537. The molecule has 0 saturated heterocycles. The van der Waals surface area contributed by atoms with Crippen LogP contribution in [0.1, 0.15) is 11.1 Å². The van der Waals surface area contributed by atoms with Crippen molar-refractivity contribution in [2.75, 3.05) is 0 Å². The molecule has 2 heteroatoms. The maximum Gasteiger partial charge on any atom is 0.0477 e. The van der Waals surface area contributed by atoms with E-state index in [0.29, 0.717) is 0 Å². The molecule has 0 unspecified atom stereocenters. The SMILES string of the molecule is Cc1c[nH]c2cc3[nH]cc(C)c3cc12. The molecule has 2 heterocycles. The van der Waals surface area contributed by atoms with Crippen molar-refractivity contribution in [1.82, 2.24) is 9.97 Å². The van der Waals surface area contributed by atoms with Gasteiger partial charge in [-0.05, 0) is 37.1 Å². The number of hydrogen-bond donors (Lipinski definition) is 2. The topological polar surface area (TPSA) is 31.6 Å². The fourth-order valence-electron chi connectivity index (χ4n) is 2.02.